The summed E-state index contributed by atoms with van der Waals surface area (Å²) < 4.78 is 0.355. The fourth-order valence-electron chi connectivity index (χ4n) is 0.762. The highest BCUT2D eigenvalue weighted by Gasteiger charge is 2.19. The SMILES string of the molecule is S=C(S)Sc1c(Cl)c(Cl)c(Cl)c(Cl)c1Cl. The molecule has 0 spiro atoms. The van der Waals surface area contributed by atoms with Crippen LogP contribution in [0.2, 0.25) is 25.1 Å². The van der Waals surface area contributed by atoms with Gasteiger partial charge in [-0.25, -0.2) is 0 Å². The van der Waals surface area contributed by atoms with Crippen molar-refractivity contribution >= 4 is 98.1 Å². The molecule has 1 aromatic carbocycles. The zero-order chi connectivity index (χ0) is 11.7. The quantitative estimate of drug-likeness (QED) is 0.207. The summed E-state index contributed by atoms with van der Waals surface area (Å²) in [6.07, 6.45) is 0. The van der Waals surface area contributed by atoms with Gasteiger partial charge < -0.3 is 0 Å². The number of rotatable bonds is 1. The normalized spacial score (nSPS) is 10.5. The van der Waals surface area contributed by atoms with E-state index >= 15 is 0 Å². The smallest absolute Gasteiger partial charge is 0.106 e. The van der Waals surface area contributed by atoms with Crippen LogP contribution in [0.25, 0.3) is 0 Å². The van der Waals surface area contributed by atoms with Gasteiger partial charge in [0.05, 0.1) is 30.0 Å². The molecule has 0 N–H and O–H groups in total. The molecule has 0 saturated heterocycles. The molecule has 0 aliphatic carbocycles. The van der Waals surface area contributed by atoms with Gasteiger partial charge in [-0.2, -0.15) is 0 Å². The fraction of sp³-hybridized carbons (Fsp3) is 0. The summed E-state index contributed by atoms with van der Waals surface area (Å²) in [5.41, 5.74) is 0. The van der Waals surface area contributed by atoms with Crippen molar-refractivity contribution in [1.29, 1.82) is 0 Å². The monoisotopic (exact) mass is 356 g/mol. The lowest BCUT2D eigenvalue weighted by molar-refractivity contribution is 1.47. The predicted octanol–water partition coefficient (Wildman–Crippen LogP) is 6.26. The van der Waals surface area contributed by atoms with Crippen LogP contribution in [0.5, 0.6) is 0 Å². The van der Waals surface area contributed by atoms with E-state index in [4.69, 9.17) is 70.2 Å². The minimum atomic E-state index is 0.128. The Kier molecular flexibility index (Phi) is 5.69. The van der Waals surface area contributed by atoms with Gasteiger partial charge >= 0.3 is 0 Å². The molecule has 0 aliphatic heterocycles. The highest BCUT2D eigenvalue weighted by Crippen LogP contribution is 2.48. The van der Waals surface area contributed by atoms with Crippen LogP contribution in [0.15, 0.2) is 4.90 Å². The number of thioether (sulfide) groups is 1. The topological polar surface area (TPSA) is 0 Å². The molecule has 0 heterocycles. The van der Waals surface area contributed by atoms with E-state index in [0.717, 1.165) is 11.8 Å². The third-order valence-electron chi connectivity index (χ3n) is 1.36. The second-order valence-electron chi connectivity index (χ2n) is 2.27. The predicted molar refractivity (Wildman–Crippen MR) is 78.9 cm³/mol. The molecule has 0 saturated carbocycles. The summed E-state index contributed by atoms with van der Waals surface area (Å²) >= 11 is 39.3. The van der Waals surface area contributed by atoms with Crippen LogP contribution in [-0.2, 0) is 0 Å². The van der Waals surface area contributed by atoms with E-state index in [0.29, 0.717) is 8.42 Å². The number of hydrogen-bond donors (Lipinski definition) is 1. The van der Waals surface area contributed by atoms with E-state index in [1.54, 1.807) is 0 Å². The highest BCUT2D eigenvalue weighted by atomic mass is 35.5. The van der Waals surface area contributed by atoms with E-state index in [1.165, 1.54) is 0 Å². The van der Waals surface area contributed by atoms with E-state index in [9.17, 15) is 0 Å². The molecule has 1 rings (SSSR count). The molecule has 0 radical (unpaired) electrons. The first-order valence-electron chi connectivity index (χ1n) is 3.28. The molecule has 1 aromatic rings. The van der Waals surface area contributed by atoms with Gasteiger partial charge in [0.2, 0.25) is 0 Å². The lowest BCUT2D eigenvalue weighted by atomic mass is 10.3. The Balaban J connectivity index is 3.45. The summed E-state index contributed by atoms with van der Waals surface area (Å²) in [7, 11) is 0. The maximum Gasteiger partial charge on any atom is 0.106 e. The third-order valence-corrected chi connectivity index (χ3v) is 5.17. The Morgan fingerprint density at radius 1 is 0.867 bits per heavy atom. The van der Waals surface area contributed by atoms with Crippen molar-refractivity contribution in [2.24, 2.45) is 0 Å². The number of halogens is 5. The van der Waals surface area contributed by atoms with Crippen molar-refractivity contribution < 1.29 is 0 Å². The second kappa shape index (κ2) is 5.87. The lowest BCUT2D eigenvalue weighted by Crippen LogP contribution is -1.85. The average Bonchev–Trinajstić information content (AvgIpc) is 2.18. The van der Waals surface area contributed by atoms with Gasteiger partial charge in [-0.3, -0.25) is 0 Å². The number of thiol groups is 1. The van der Waals surface area contributed by atoms with Crippen molar-refractivity contribution in [3.8, 4) is 0 Å². The van der Waals surface area contributed by atoms with Gasteiger partial charge in [-0.1, -0.05) is 82.0 Å². The van der Waals surface area contributed by atoms with Crippen molar-refractivity contribution in [2.45, 2.75) is 4.90 Å². The molecule has 15 heavy (non-hydrogen) atoms. The van der Waals surface area contributed by atoms with E-state index in [2.05, 4.69) is 12.6 Å². The Morgan fingerprint density at radius 3 is 1.53 bits per heavy atom. The zero-order valence-corrected chi connectivity index (χ0v) is 13.0. The first kappa shape index (κ1) is 14.5. The Bertz CT molecular complexity index is 402. The van der Waals surface area contributed by atoms with Gasteiger partial charge in [0.1, 0.15) is 3.53 Å². The lowest BCUT2D eigenvalue weighted by Gasteiger charge is -2.10. The van der Waals surface area contributed by atoms with Crippen LogP contribution in [0, 0.1) is 0 Å². The highest BCUT2D eigenvalue weighted by molar-refractivity contribution is 8.41. The van der Waals surface area contributed by atoms with Gasteiger partial charge in [-0.15, -0.1) is 12.6 Å². The summed E-state index contributed by atoms with van der Waals surface area (Å²) in [6, 6.07) is 0. The molecule has 0 aliphatic rings. The van der Waals surface area contributed by atoms with Gasteiger partial charge in [0.15, 0.2) is 0 Å². The Hall–Kier alpha value is 1.46. The Labute approximate surface area is 127 Å². The molecular weight excluding hydrogens is 358 g/mol. The molecule has 0 fully saturated rings. The zero-order valence-electron chi connectivity index (χ0n) is 6.65. The number of thiocarbonyl (C=S) groups is 1. The number of hydrogen-bond acceptors (Lipinski definition) is 2. The van der Waals surface area contributed by atoms with Crippen molar-refractivity contribution in [3.63, 3.8) is 0 Å². The molecule has 0 bridgehead atoms. The molecule has 0 unspecified atom stereocenters. The van der Waals surface area contributed by atoms with E-state index in [1.807, 2.05) is 0 Å². The molecule has 8 heteroatoms. The molecular formula is C7HCl5S3. The standard InChI is InChI=1S/C7HCl5S3/c8-1-2(9)4(11)6(15-7(13)14)5(12)3(1)10/h(H,13,14). The first-order valence-corrected chi connectivity index (χ1v) is 6.84. The third kappa shape index (κ3) is 3.23. The maximum atomic E-state index is 5.95. The first-order chi connectivity index (χ1) is 6.86. The van der Waals surface area contributed by atoms with Crippen LogP contribution in [0.3, 0.4) is 0 Å². The summed E-state index contributed by atoms with van der Waals surface area (Å²) in [4.78, 5) is 0.456. The minimum absolute atomic E-state index is 0.128. The van der Waals surface area contributed by atoms with Gasteiger partial charge in [0.25, 0.3) is 0 Å². The number of benzene rings is 1. The van der Waals surface area contributed by atoms with Crippen molar-refractivity contribution in [1.82, 2.24) is 0 Å². The minimum Gasteiger partial charge on any atom is -0.125 e. The van der Waals surface area contributed by atoms with Crippen LogP contribution in [-0.4, -0.2) is 3.53 Å². The Morgan fingerprint density at radius 2 is 1.20 bits per heavy atom. The fourth-order valence-corrected chi connectivity index (χ4v) is 3.33. The van der Waals surface area contributed by atoms with Crippen LogP contribution < -0.4 is 0 Å². The van der Waals surface area contributed by atoms with E-state index in [-0.39, 0.29) is 25.1 Å². The molecule has 0 atom stereocenters. The van der Waals surface area contributed by atoms with Crippen LogP contribution in [0.4, 0.5) is 0 Å². The molecule has 0 nitrogen and oxygen atoms in total. The second-order valence-corrected chi connectivity index (χ2v) is 6.90. The molecule has 0 aromatic heterocycles. The van der Waals surface area contributed by atoms with Crippen LogP contribution >= 0.6 is 94.6 Å². The largest absolute Gasteiger partial charge is 0.125 e. The summed E-state index contributed by atoms with van der Waals surface area (Å²) in [5, 5.41) is 0.873. The summed E-state index contributed by atoms with van der Waals surface area (Å²) in [5.74, 6) is 0. The van der Waals surface area contributed by atoms with Gasteiger partial charge in [0, 0.05) is 0 Å². The van der Waals surface area contributed by atoms with Crippen molar-refractivity contribution in [2.75, 3.05) is 0 Å². The molecule has 0 amide bonds. The van der Waals surface area contributed by atoms with Crippen molar-refractivity contribution in [3.05, 3.63) is 25.1 Å². The maximum absolute atomic E-state index is 5.95. The van der Waals surface area contributed by atoms with Crippen LogP contribution in [0.1, 0.15) is 0 Å². The average molecular weight is 359 g/mol. The summed E-state index contributed by atoms with van der Waals surface area (Å²) in [6.45, 7) is 0. The molecule has 82 valence electrons. The van der Waals surface area contributed by atoms with Gasteiger partial charge in [-0.05, 0) is 0 Å². The van der Waals surface area contributed by atoms with E-state index < -0.39 is 0 Å².